The van der Waals surface area contributed by atoms with E-state index in [4.69, 9.17) is 18.6 Å². The van der Waals surface area contributed by atoms with Crippen molar-refractivity contribution in [3.8, 4) is 17.1 Å². The maximum absolute atomic E-state index is 13.9. The minimum Gasteiger partial charge on any atom is -0.496 e. The molecule has 0 amide bonds. The van der Waals surface area contributed by atoms with Crippen LogP contribution < -0.4 is 19.6 Å². The van der Waals surface area contributed by atoms with Crippen LogP contribution in [0.4, 0.5) is 0 Å². The molecule has 10 heteroatoms. The van der Waals surface area contributed by atoms with E-state index in [1.165, 1.54) is 30.1 Å². The van der Waals surface area contributed by atoms with Crippen LogP contribution in [-0.4, -0.2) is 37.3 Å². The average molecular weight is 559 g/mol. The van der Waals surface area contributed by atoms with E-state index in [1.807, 2.05) is 18.2 Å². The van der Waals surface area contributed by atoms with Gasteiger partial charge in [0.25, 0.3) is 5.56 Å². The molecule has 40 heavy (non-hydrogen) atoms. The summed E-state index contributed by atoms with van der Waals surface area (Å²) in [7, 11) is 2.86. The number of esters is 2. The lowest BCUT2D eigenvalue weighted by atomic mass is 9.95. The molecule has 0 spiro atoms. The highest BCUT2D eigenvalue weighted by molar-refractivity contribution is 7.07. The Hall–Kier alpha value is -4.70. The number of benzene rings is 2. The van der Waals surface area contributed by atoms with Crippen molar-refractivity contribution < 1.29 is 28.2 Å². The molecule has 1 atom stereocenters. The smallest absolute Gasteiger partial charge is 0.338 e. The van der Waals surface area contributed by atoms with Crippen LogP contribution in [0.5, 0.6) is 5.75 Å². The summed E-state index contributed by atoms with van der Waals surface area (Å²) in [6.07, 6.45) is 1.62. The predicted molar refractivity (Wildman–Crippen MR) is 149 cm³/mol. The molecule has 1 aliphatic rings. The van der Waals surface area contributed by atoms with Crippen LogP contribution in [0, 0.1) is 0 Å². The first-order valence-electron chi connectivity index (χ1n) is 12.5. The maximum Gasteiger partial charge on any atom is 0.338 e. The van der Waals surface area contributed by atoms with Crippen molar-refractivity contribution in [1.82, 2.24) is 4.57 Å². The number of furan rings is 1. The first-order chi connectivity index (χ1) is 19.4. The number of allylic oxidation sites excluding steroid dienone is 1. The molecule has 0 fully saturated rings. The van der Waals surface area contributed by atoms with Gasteiger partial charge in [-0.2, -0.15) is 0 Å². The molecule has 0 saturated heterocycles. The molecule has 1 aliphatic heterocycles. The van der Waals surface area contributed by atoms with Crippen molar-refractivity contribution in [3.05, 3.63) is 109 Å². The van der Waals surface area contributed by atoms with Gasteiger partial charge in [0.1, 0.15) is 23.3 Å². The SMILES string of the molecule is CCOC(=O)C1=C(C)N=c2sc(=Cc3ccc(-c4ccccc4C(=O)OC)o3)c(=O)n2[C@@H]1c1ccccc1OC. The molecule has 9 nitrogen and oxygen atoms in total. The number of methoxy groups -OCH3 is 2. The summed E-state index contributed by atoms with van der Waals surface area (Å²) in [5.41, 5.74) is 1.95. The second kappa shape index (κ2) is 11.2. The van der Waals surface area contributed by atoms with E-state index in [2.05, 4.69) is 4.99 Å². The quantitative estimate of drug-likeness (QED) is 0.317. The Morgan fingerprint density at radius 1 is 1.05 bits per heavy atom. The third-order valence-corrected chi connectivity index (χ3v) is 7.43. The summed E-state index contributed by atoms with van der Waals surface area (Å²) in [5, 5.41) is 0. The number of aromatic nitrogens is 1. The fourth-order valence-electron chi connectivity index (χ4n) is 4.67. The van der Waals surface area contributed by atoms with Crippen LogP contribution in [0.3, 0.4) is 0 Å². The largest absolute Gasteiger partial charge is 0.496 e. The van der Waals surface area contributed by atoms with Gasteiger partial charge in [-0.25, -0.2) is 14.6 Å². The highest BCUT2D eigenvalue weighted by Gasteiger charge is 2.35. The van der Waals surface area contributed by atoms with Crippen molar-refractivity contribution in [2.45, 2.75) is 19.9 Å². The Kier molecular flexibility index (Phi) is 7.52. The van der Waals surface area contributed by atoms with E-state index in [-0.39, 0.29) is 17.7 Å². The first-order valence-corrected chi connectivity index (χ1v) is 13.3. The topological polar surface area (TPSA) is 109 Å². The van der Waals surface area contributed by atoms with Gasteiger partial charge < -0.3 is 18.6 Å². The molecule has 3 heterocycles. The predicted octanol–water partition coefficient (Wildman–Crippen LogP) is 3.85. The zero-order chi connectivity index (χ0) is 28.4. The Bertz CT molecular complexity index is 1830. The number of para-hydroxylation sites is 1. The molecule has 204 valence electrons. The Labute approximate surface area is 233 Å². The van der Waals surface area contributed by atoms with Crippen molar-refractivity contribution in [2.24, 2.45) is 4.99 Å². The van der Waals surface area contributed by atoms with Gasteiger partial charge in [-0.3, -0.25) is 9.36 Å². The second-order valence-corrected chi connectivity index (χ2v) is 9.79. The van der Waals surface area contributed by atoms with E-state index < -0.39 is 18.0 Å². The van der Waals surface area contributed by atoms with Gasteiger partial charge in [0.05, 0.1) is 42.2 Å². The number of nitrogens with zero attached hydrogens (tertiary/aromatic N) is 2. The van der Waals surface area contributed by atoms with Crippen LogP contribution in [0.25, 0.3) is 17.4 Å². The van der Waals surface area contributed by atoms with Crippen LogP contribution in [0.15, 0.2) is 86.1 Å². The Balaban J connectivity index is 1.65. The number of fused-ring (bicyclic) bond motifs is 1. The van der Waals surface area contributed by atoms with Crippen molar-refractivity contribution >= 4 is 29.4 Å². The summed E-state index contributed by atoms with van der Waals surface area (Å²) in [5.74, 6) is 0.362. The van der Waals surface area contributed by atoms with E-state index in [9.17, 15) is 14.4 Å². The van der Waals surface area contributed by atoms with Gasteiger partial charge in [-0.05, 0) is 38.1 Å². The van der Waals surface area contributed by atoms with Gasteiger partial charge in [0.2, 0.25) is 0 Å². The number of hydrogen-bond donors (Lipinski definition) is 0. The monoisotopic (exact) mass is 558 g/mol. The van der Waals surface area contributed by atoms with Gasteiger partial charge in [0.15, 0.2) is 4.80 Å². The highest BCUT2D eigenvalue weighted by Crippen LogP contribution is 2.35. The highest BCUT2D eigenvalue weighted by atomic mass is 32.1. The third-order valence-electron chi connectivity index (χ3n) is 6.45. The molecule has 0 unspecified atom stereocenters. The molecule has 0 bridgehead atoms. The fourth-order valence-corrected chi connectivity index (χ4v) is 5.70. The van der Waals surface area contributed by atoms with Crippen LogP contribution in [0.2, 0.25) is 0 Å². The normalized spacial score (nSPS) is 14.9. The molecular weight excluding hydrogens is 532 g/mol. The molecule has 0 radical (unpaired) electrons. The molecule has 2 aromatic carbocycles. The zero-order valence-electron chi connectivity index (χ0n) is 22.3. The summed E-state index contributed by atoms with van der Waals surface area (Å²) in [6.45, 7) is 3.63. The fraction of sp³-hybridized carbons (Fsp3) is 0.200. The minimum absolute atomic E-state index is 0.179. The molecule has 0 N–H and O–H groups in total. The van der Waals surface area contributed by atoms with Gasteiger partial charge >= 0.3 is 11.9 Å². The number of rotatable bonds is 7. The van der Waals surface area contributed by atoms with E-state index in [1.54, 1.807) is 62.4 Å². The lowest BCUT2D eigenvalue weighted by molar-refractivity contribution is -0.139. The number of carbonyl (C=O) groups excluding carboxylic acids is 2. The number of hydrogen-bond acceptors (Lipinski definition) is 9. The number of ether oxygens (including phenoxy) is 3. The standard InChI is InChI=1S/C30H26N2O7S/c1-5-38-29(35)25-17(2)31-30-32(26(25)21-12-8-9-13-22(21)36-3)27(33)24(40-30)16-18-14-15-23(39-18)19-10-6-7-11-20(19)28(34)37-4/h6-16,26H,5H2,1-4H3/t26-/m1/s1. The number of carbonyl (C=O) groups is 2. The van der Waals surface area contributed by atoms with E-state index in [0.717, 1.165) is 0 Å². The van der Waals surface area contributed by atoms with Gasteiger partial charge in [-0.1, -0.05) is 47.7 Å². The third kappa shape index (κ3) is 4.77. The second-order valence-electron chi connectivity index (χ2n) is 8.78. The minimum atomic E-state index is -0.798. The summed E-state index contributed by atoms with van der Waals surface area (Å²) >= 11 is 1.18. The first kappa shape index (κ1) is 26.9. The van der Waals surface area contributed by atoms with Crippen molar-refractivity contribution in [3.63, 3.8) is 0 Å². The Morgan fingerprint density at radius 2 is 1.80 bits per heavy atom. The van der Waals surface area contributed by atoms with E-state index >= 15 is 0 Å². The Morgan fingerprint density at radius 3 is 2.55 bits per heavy atom. The molecule has 4 aromatic rings. The lowest BCUT2D eigenvalue weighted by Crippen LogP contribution is -2.40. The summed E-state index contributed by atoms with van der Waals surface area (Å²) in [4.78, 5) is 44.2. The molecule has 2 aromatic heterocycles. The van der Waals surface area contributed by atoms with Gasteiger partial charge in [0, 0.05) is 17.2 Å². The molecule has 5 rings (SSSR count). The maximum atomic E-state index is 13.9. The van der Waals surface area contributed by atoms with E-state index in [0.29, 0.717) is 49.0 Å². The van der Waals surface area contributed by atoms with Crippen molar-refractivity contribution in [2.75, 3.05) is 20.8 Å². The molecular formula is C30H26N2O7S. The number of thiazole rings is 1. The summed E-state index contributed by atoms with van der Waals surface area (Å²) in [6, 6.07) is 16.8. The van der Waals surface area contributed by atoms with Crippen molar-refractivity contribution in [1.29, 1.82) is 0 Å². The van der Waals surface area contributed by atoms with Crippen LogP contribution in [-0.2, 0) is 14.3 Å². The zero-order valence-corrected chi connectivity index (χ0v) is 23.1. The average Bonchev–Trinajstić information content (AvgIpc) is 3.56. The molecule has 0 saturated carbocycles. The van der Waals surface area contributed by atoms with Gasteiger partial charge in [-0.15, -0.1) is 0 Å². The van der Waals surface area contributed by atoms with Crippen LogP contribution in [0.1, 0.15) is 41.6 Å². The molecule has 0 aliphatic carbocycles. The van der Waals surface area contributed by atoms with Crippen LogP contribution >= 0.6 is 11.3 Å². The lowest BCUT2D eigenvalue weighted by Gasteiger charge is -2.25. The summed E-state index contributed by atoms with van der Waals surface area (Å²) < 4.78 is 23.7.